The van der Waals surface area contributed by atoms with E-state index in [4.69, 9.17) is 9.47 Å². The molecule has 1 aromatic heterocycles. The number of nitrogens with zero attached hydrogens (tertiary/aromatic N) is 1. The van der Waals surface area contributed by atoms with Gasteiger partial charge in [0.15, 0.2) is 0 Å². The fourth-order valence-corrected chi connectivity index (χ4v) is 4.12. The lowest BCUT2D eigenvalue weighted by Crippen LogP contribution is -2.35. The van der Waals surface area contributed by atoms with Crippen LogP contribution in [0.1, 0.15) is 23.7 Å². The Morgan fingerprint density at radius 2 is 2.07 bits per heavy atom. The number of fused-ring (bicyclic) bond motifs is 1. The molecule has 1 amide bonds. The highest BCUT2D eigenvalue weighted by Crippen LogP contribution is 2.30. The Morgan fingerprint density at radius 3 is 2.83 bits per heavy atom. The van der Waals surface area contributed by atoms with Gasteiger partial charge in [-0.1, -0.05) is 18.2 Å². The van der Waals surface area contributed by atoms with Crippen LogP contribution in [0.4, 0.5) is 5.69 Å². The van der Waals surface area contributed by atoms with Crippen molar-refractivity contribution in [3.8, 4) is 11.1 Å². The average molecular weight is 408 g/mol. The molecule has 1 unspecified atom stereocenters. The molecule has 2 N–H and O–H groups in total. The first-order valence-corrected chi connectivity index (χ1v) is 10.4. The molecule has 2 atom stereocenters. The molecule has 2 heterocycles. The van der Waals surface area contributed by atoms with Crippen molar-refractivity contribution in [1.82, 2.24) is 10.3 Å². The molecule has 1 aliphatic heterocycles. The van der Waals surface area contributed by atoms with Crippen LogP contribution < -0.4 is 10.2 Å². The Morgan fingerprint density at radius 1 is 1.23 bits per heavy atom. The van der Waals surface area contributed by atoms with Gasteiger partial charge in [-0.2, -0.15) is 0 Å². The predicted octanol–water partition coefficient (Wildman–Crippen LogP) is 3.82. The van der Waals surface area contributed by atoms with E-state index in [0.717, 1.165) is 41.5 Å². The number of carbonyl (C=O) groups is 1. The first-order chi connectivity index (χ1) is 14.6. The highest BCUT2D eigenvalue weighted by atomic mass is 16.5. The number of anilines is 1. The molecule has 6 heteroatoms. The number of amides is 1. The van der Waals surface area contributed by atoms with Crippen molar-refractivity contribution < 1.29 is 14.3 Å². The molecule has 158 valence electrons. The third-order valence-corrected chi connectivity index (χ3v) is 5.74. The molecule has 4 rings (SSSR count). The number of rotatable bonds is 7. The summed E-state index contributed by atoms with van der Waals surface area (Å²) in [5, 5.41) is 3.91. The van der Waals surface area contributed by atoms with Crippen LogP contribution in [0.25, 0.3) is 22.0 Å². The molecular weight excluding hydrogens is 378 g/mol. The highest BCUT2D eigenvalue weighted by molar-refractivity contribution is 6.07. The number of hydrogen-bond donors (Lipinski definition) is 2. The molecule has 6 nitrogen and oxygen atoms in total. The molecule has 0 aliphatic carbocycles. The SMILES string of the molecule is COC[C@H](C)NC(=O)c1c[nH]c2ccc(-c3cccc(N4CCC(OC)C4)c3)cc12. The van der Waals surface area contributed by atoms with E-state index >= 15 is 0 Å². The highest BCUT2D eigenvalue weighted by Gasteiger charge is 2.22. The zero-order valence-electron chi connectivity index (χ0n) is 17.8. The van der Waals surface area contributed by atoms with Crippen LogP contribution in [0, 0.1) is 0 Å². The number of nitrogens with one attached hydrogen (secondary N) is 2. The molecule has 0 bridgehead atoms. The number of carbonyl (C=O) groups excluding carboxylic acids is 1. The number of benzene rings is 2. The Balaban J connectivity index is 1.61. The number of ether oxygens (including phenoxy) is 2. The average Bonchev–Trinajstić information content (AvgIpc) is 3.40. The summed E-state index contributed by atoms with van der Waals surface area (Å²) < 4.78 is 10.6. The predicted molar refractivity (Wildman–Crippen MR) is 120 cm³/mol. The second kappa shape index (κ2) is 8.90. The minimum absolute atomic E-state index is 0.0521. The first-order valence-electron chi connectivity index (χ1n) is 10.4. The lowest BCUT2D eigenvalue weighted by atomic mass is 10.0. The van der Waals surface area contributed by atoms with Gasteiger partial charge in [0.1, 0.15) is 0 Å². The van der Waals surface area contributed by atoms with Crippen LogP contribution in [0.15, 0.2) is 48.7 Å². The molecule has 2 aromatic carbocycles. The zero-order valence-corrected chi connectivity index (χ0v) is 17.8. The summed E-state index contributed by atoms with van der Waals surface area (Å²) in [5.74, 6) is -0.0978. The van der Waals surface area contributed by atoms with Crippen molar-refractivity contribution >= 4 is 22.5 Å². The third kappa shape index (κ3) is 4.20. The maximum absolute atomic E-state index is 12.7. The topological polar surface area (TPSA) is 66.6 Å². The van der Waals surface area contributed by atoms with Crippen molar-refractivity contribution in [2.45, 2.75) is 25.5 Å². The molecule has 1 fully saturated rings. The van der Waals surface area contributed by atoms with E-state index in [-0.39, 0.29) is 11.9 Å². The van der Waals surface area contributed by atoms with Crippen molar-refractivity contribution in [2.24, 2.45) is 0 Å². The smallest absolute Gasteiger partial charge is 0.253 e. The van der Waals surface area contributed by atoms with Crippen LogP contribution in [0.5, 0.6) is 0 Å². The molecule has 0 radical (unpaired) electrons. The molecule has 1 saturated heterocycles. The largest absolute Gasteiger partial charge is 0.383 e. The second-order valence-electron chi connectivity index (χ2n) is 7.94. The number of methoxy groups -OCH3 is 2. The van der Waals surface area contributed by atoms with Gasteiger partial charge in [0.05, 0.1) is 18.3 Å². The van der Waals surface area contributed by atoms with Gasteiger partial charge in [0.25, 0.3) is 5.91 Å². The maximum Gasteiger partial charge on any atom is 0.253 e. The van der Waals surface area contributed by atoms with Crippen molar-refractivity contribution in [1.29, 1.82) is 0 Å². The van der Waals surface area contributed by atoms with E-state index in [1.165, 1.54) is 5.69 Å². The van der Waals surface area contributed by atoms with Gasteiger partial charge < -0.3 is 24.7 Å². The lowest BCUT2D eigenvalue weighted by molar-refractivity contribution is 0.0907. The van der Waals surface area contributed by atoms with E-state index in [0.29, 0.717) is 18.3 Å². The fourth-order valence-electron chi connectivity index (χ4n) is 4.12. The van der Waals surface area contributed by atoms with Gasteiger partial charge in [-0.3, -0.25) is 4.79 Å². The quantitative estimate of drug-likeness (QED) is 0.625. The zero-order chi connectivity index (χ0) is 21.1. The summed E-state index contributed by atoms with van der Waals surface area (Å²) in [4.78, 5) is 18.3. The normalized spacial score (nSPS) is 17.4. The van der Waals surface area contributed by atoms with Crippen molar-refractivity contribution in [3.63, 3.8) is 0 Å². The summed E-state index contributed by atoms with van der Waals surface area (Å²) in [6.45, 7) is 4.33. The van der Waals surface area contributed by atoms with Crippen LogP contribution in [-0.2, 0) is 9.47 Å². The van der Waals surface area contributed by atoms with E-state index in [1.54, 1.807) is 20.4 Å². The number of hydrogen-bond acceptors (Lipinski definition) is 4. The third-order valence-electron chi connectivity index (χ3n) is 5.74. The van der Waals surface area contributed by atoms with Gasteiger partial charge >= 0.3 is 0 Å². The first kappa shape index (κ1) is 20.4. The molecule has 3 aromatic rings. The summed E-state index contributed by atoms with van der Waals surface area (Å²) in [7, 11) is 3.41. The number of aromatic nitrogens is 1. The molecule has 0 saturated carbocycles. The van der Waals surface area contributed by atoms with Gasteiger partial charge in [-0.15, -0.1) is 0 Å². The van der Waals surface area contributed by atoms with Crippen molar-refractivity contribution in [2.75, 3.05) is 38.8 Å². The monoisotopic (exact) mass is 407 g/mol. The maximum atomic E-state index is 12.7. The van der Waals surface area contributed by atoms with E-state index < -0.39 is 0 Å². The summed E-state index contributed by atoms with van der Waals surface area (Å²) >= 11 is 0. The Hall–Kier alpha value is -2.83. The van der Waals surface area contributed by atoms with Gasteiger partial charge in [-0.25, -0.2) is 0 Å². The summed E-state index contributed by atoms with van der Waals surface area (Å²) in [6, 6.07) is 14.7. The Labute approximate surface area is 177 Å². The van der Waals surface area contributed by atoms with E-state index in [2.05, 4.69) is 51.6 Å². The van der Waals surface area contributed by atoms with Gasteiger partial charge in [-0.05, 0) is 48.7 Å². The van der Waals surface area contributed by atoms with Gasteiger partial charge in [0, 0.05) is 56.1 Å². The number of aromatic amines is 1. The Bertz CT molecular complexity index is 1030. The standard InChI is InChI=1S/C24H29N3O3/c1-16(15-29-2)26-24(28)22-13-25-23-8-7-18(12-21(22)23)17-5-4-6-19(11-17)27-10-9-20(14-27)30-3/h4-8,11-13,16,20,25H,9-10,14-15H2,1-3H3,(H,26,28)/t16-,20?/m0/s1. The number of H-pyrrole nitrogens is 1. The van der Waals surface area contributed by atoms with E-state index in [1.807, 2.05) is 13.0 Å². The minimum atomic E-state index is -0.0978. The summed E-state index contributed by atoms with van der Waals surface area (Å²) in [6.07, 6.45) is 3.12. The van der Waals surface area contributed by atoms with Crippen LogP contribution in [-0.4, -0.2) is 57.0 Å². The lowest BCUT2D eigenvalue weighted by Gasteiger charge is -2.19. The molecule has 0 spiro atoms. The molecule has 30 heavy (non-hydrogen) atoms. The molecule has 1 aliphatic rings. The minimum Gasteiger partial charge on any atom is -0.383 e. The van der Waals surface area contributed by atoms with Gasteiger partial charge in [0.2, 0.25) is 0 Å². The second-order valence-corrected chi connectivity index (χ2v) is 7.94. The van der Waals surface area contributed by atoms with Crippen molar-refractivity contribution in [3.05, 3.63) is 54.2 Å². The van der Waals surface area contributed by atoms with Crippen LogP contribution in [0.3, 0.4) is 0 Å². The van der Waals surface area contributed by atoms with Crippen LogP contribution >= 0.6 is 0 Å². The summed E-state index contributed by atoms with van der Waals surface area (Å²) in [5.41, 5.74) is 5.02. The Kier molecular flexibility index (Phi) is 6.06. The van der Waals surface area contributed by atoms with E-state index in [9.17, 15) is 4.79 Å². The van der Waals surface area contributed by atoms with Crippen LogP contribution in [0.2, 0.25) is 0 Å². The fraction of sp³-hybridized carbons (Fsp3) is 0.375. The molecular formula is C24H29N3O3.